The first-order valence-electron chi connectivity index (χ1n) is 7.39. The quantitative estimate of drug-likeness (QED) is 0.811. The summed E-state index contributed by atoms with van der Waals surface area (Å²) >= 11 is 0. The second-order valence-electron chi connectivity index (χ2n) is 5.29. The zero-order valence-corrected chi connectivity index (χ0v) is 12.8. The van der Waals surface area contributed by atoms with Gasteiger partial charge >= 0.3 is 12.2 Å². The molecule has 1 saturated heterocycles. The molecule has 1 aromatic heterocycles. The van der Waals surface area contributed by atoms with Crippen LogP contribution in [0.5, 0.6) is 0 Å². The van der Waals surface area contributed by atoms with Gasteiger partial charge in [0.05, 0.1) is 18.9 Å². The zero-order valence-electron chi connectivity index (χ0n) is 12.8. The number of carbonyl (C=O) groups excluding carboxylic acids is 1. The van der Waals surface area contributed by atoms with Gasteiger partial charge in [-0.05, 0) is 19.9 Å². The van der Waals surface area contributed by atoms with Crippen LogP contribution < -0.4 is 10.6 Å². The van der Waals surface area contributed by atoms with Crippen molar-refractivity contribution < 1.29 is 27.1 Å². The minimum absolute atomic E-state index is 0.0833. The van der Waals surface area contributed by atoms with Gasteiger partial charge in [-0.1, -0.05) is 0 Å². The molecule has 0 bridgehead atoms. The Bertz CT molecular complexity index is 525. The Kier molecular flexibility index (Phi) is 5.89. The van der Waals surface area contributed by atoms with Crippen molar-refractivity contribution in [2.45, 2.75) is 19.5 Å². The average Bonchev–Trinajstić information content (AvgIpc) is 2.85. The van der Waals surface area contributed by atoms with Gasteiger partial charge in [0.25, 0.3) is 0 Å². The highest BCUT2D eigenvalue weighted by Crippen LogP contribution is 2.36. The number of aryl methyl sites for hydroxylation is 1. The lowest BCUT2D eigenvalue weighted by Crippen LogP contribution is -2.38. The number of nitrogens with zero attached hydrogens (tertiary/aromatic N) is 1. The summed E-state index contributed by atoms with van der Waals surface area (Å²) in [7, 11) is 0. The first-order valence-corrected chi connectivity index (χ1v) is 7.39. The molecule has 2 rings (SSSR count). The molecule has 2 heterocycles. The molecule has 0 aliphatic carbocycles. The molecule has 2 amide bonds. The third-order valence-electron chi connectivity index (χ3n) is 3.40. The smallest absolute Gasteiger partial charge is 0.451 e. The van der Waals surface area contributed by atoms with Gasteiger partial charge in [0.15, 0.2) is 0 Å². The summed E-state index contributed by atoms with van der Waals surface area (Å²) in [5, 5.41) is 4.72. The van der Waals surface area contributed by atoms with Gasteiger partial charge in [0, 0.05) is 25.7 Å². The van der Waals surface area contributed by atoms with Crippen LogP contribution in [0.2, 0.25) is 0 Å². The van der Waals surface area contributed by atoms with Crippen molar-refractivity contribution in [1.82, 2.24) is 10.2 Å². The lowest BCUT2D eigenvalue weighted by atomic mass is 10.3. The molecule has 130 valence electrons. The van der Waals surface area contributed by atoms with Crippen LogP contribution in [-0.4, -0.2) is 50.3 Å². The van der Waals surface area contributed by atoms with E-state index in [9.17, 15) is 18.0 Å². The molecule has 1 fully saturated rings. The number of hydrogen-bond acceptors (Lipinski definition) is 4. The Hall–Kier alpha value is -1.74. The normalized spacial score (nSPS) is 16.3. The van der Waals surface area contributed by atoms with Crippen LogP contribution in [-0.2, 0) is 10.9 Å². The van der Waals surface area contributed by atoms with E-state index in [2.05, 4.69) is 20.0 Å². The number of anilines is 1. The van der Waals surface area contributed by atoms with E-state index >= 15 is 0 Å². The fraction of sp³-hybridized carbons (Fsp3) is 0.643. The molecule has 6 nitrogen and oxygen atoms in total. The topological polar surface area (TPSA) is 66.7 Å². The Morgan fingerprint density at radius 1 is 1.35 bits per heavy atom. The molecule has 9 heteroatoms. The van der Waals surface area contributed by atoms with Crippen molar-refractivity contribution in [2.24, 2.45) is 0 Å². The van der Waals surface area contributed by atoms with Gasteiger partial charge in [-0.25, -0.2) is 4.79 Å². The highest BCUT2D eigenvalue weighted by molar-refractivity contribution is 5.89. The first-order chi connectivity index (χ1) is 10.9. The van der Waals surface area contributed by atoms with E-state index in [0.29, 0.717) is 26.2 Å². The number of rotatable bonds is 5. The van der Waals surface area contributed by atoms with Crippen LogP contribution in [0.1, 0.15) is 17.9 Å². The SMILES string of the molecule is Cc1cc(NC(=O)NCCCN2CCOCC2)c(C(F)(F)F)o1. The maximum atomic E-state index is 12.7. The summed E-state index contributed by atoms with van der Waals surface area (Å²) in [5.41, 5.74) is -0.374. The highest BCUT2D eigenvalue weighted by atomic mass is 19.4. The monoisotopic (exact) mass is 335 g/mol. The summed E-state index contributed by atoms with van der Waals surface area (Å²) in [5.74, 6) is -1.11. The van der Waals surface area contributed by atoms with Crippen LogP contribution in [0.15, 0.2) is 10.5 Å². The zero-order chi connectivity index (χ0) is 16.9. The van der Waals surface area contributed by atoms with Gasteiger partial charge < -0.3 is 19.8 Å². The lowest BCUT2D eigenvalue weighted by Gasteiger charge is -2.26. The molecular formula is C14H20F3N3O3. The second-order valence-corrected chi connectivity index (χ2v) is 5.29. The van der Waals surface area contributed by atoms with Crippen molar-refractivity contribution in [2.75, 3.05) is 44.7 Å². The molecule has 1 aliphatic rings. The summed E-state index contributed by atoms with van der Waals surface area (Å²) in [6.45, 7) is 5.69. The van der Waals surface area contributed by atoms with Crippen molar-refractivity contribution in [3.8, 4) is 0 Å². The van der Waals surface area contributed by atoms with E-state index in [-0.39, 0.29) is 11.4 Å². The van der Waals surface area contributed by atoms with Crippen LogP contribution in [0, 0.1) is 6.92 Å². The van der Waals surface area contributed by atoms with Crippen LogP contribution in [0.3, 0.4) is 0 Å². The number of halogens is 3. The molecule has 0 aromatic carbocycles. The number of morpholine rings is 1. The van der Waals surface area contributed by atoms with Gasteiger partial charge in [0.1, 0.15) is 5.76 Å². The lowest BCUT2D eigenvalue weighted by molar-refractivity contribution is -0.152. The number of furan rings is 1. The van der Waals surface area contributed by atoms with Crippen LogP contribution >= 0.6 is 0 Å². The number of alkyl halides is 3. The Morgan fingerprint density at radius 3 is 2.70 bits per heavy atom. The number of carbonyl (C=O) groups is 1. The van der Waals surface area contributed by atoms with Gasteiger partial charge in [-0.3, -0.25) is 4.90 Å². The van der Waals surface area contributed by atoms with Crippen LogP contribution in [0.4, 0.5) is 23.7 Å². The van der Waals surface area contributed by atoms with Crippen molar-refractivity contribution in [3.63, 3.8) is 0 Å². The number of nitrogens with one attached hydrogen (secondary N) is 2. The molecule has 0 atom stereocenters. The molecule has 0 spiro atoms. The summed E-state index contributed by atoms with van der Waals surface area (Å²) in [4.78, 5) is 13.9. The Balaban J connectivity index is 1.74. The Morgan fingerprint density at radius 2 is 2.04 bits per heavy atom. The molecule has 0 saturated carbocycles. The summed E-state index contributed by atoms with van der Waals surface area (Å²) in [6.07, 6.45) is -3.93. The minimum atomic E-state index is -4.65. The van der Waals surface area contributed by atoms with E-state index in [1.54, 1.807) is 0 Å². The average molecular weight is 335 g/mol. The van der Waals surface area contributed by atoms with E-state index < -0.39 is 18.0 Å². The molecular weight excluding hydrogens is 315 g/mol. The fourth-order valence-corrected chi connectivity index (χ4v) is 2.31. The number of urea groups is 1. The summed E-state index contributed by atoms with van der Waals surface area (Å²) < 4.78 is 48.1. The van der Waals surface area contributed by atoms with Crippen molar-refractivity contribution in [1.29, 1.82) is 0 Å². The van der Waals surface area contributed by atoms with Gasteiger partial charge in [0.2, 0.25) is 5.76 Å². The van der Waals surface area contributed by atoms with Crippen molar-refractivity contribution in [3.05, 3.63) is 17.6 Å². The predicted octanol–water partition coefficient (Wildman–Crippen LogP) is 2.45. The molecule has 0 unspecified atom stereocenters. The number of amides is 2. The fourth-order valence-electron chi connectivity index (χ4n) is 2.31. The van der Waals surface area contributed by atoms with E-state index in [1.807, 2.05) is 0 Å². The van der Waals surface area contributed by atoms with E-state index in [0.717, 1.165) is 25.7 Å². The molecule has 1 aliphatic heterocycles. The molecule has 2 N–H and O–H groups in total. The minimum Gasteiger partial charge on any atom is -0.455 e. The third-order valence-corrected chi connectivity index (χ3v) is 3.40. The number of hydrogen-bond donors (Lipinski definition) is 2. The predicted molar refractivity (Wildman–Crippen MR) is 77.3 cm³/mol. The second kappa shape index (κ2) is 7.69. The Labute approximate surface area is 132 Å². The standard InChI is InChI=1S/C14H20F3N3O3/c1-10-9-11(12(23-10)14(15,16)17)19-13(21)18-3-2-4-20-5-7-22-8-6-20/h9H,2-8H2,1H3,(H2,18,19,21). The molecule has 23 heavy (non-hydrogen) atoms. The first kappa shape index (κ1) is 17.6. The molecule has 1 aromatic rings. The third kappa shape index (κ3) is 5.43. The van der Waals surface area contributed by atoms with Gasteiger partial charge in [-0.15, -0.1) is 0 Å². The van der Waals surface area contributed by atoms with Crippen LogP contribution in [0.25, 0.3) is 0 Å². The van der Waals surface area contributed by atoms with E-state index in [1.165, 1.54) is 6.92 Å². The largest absolute Gasteiger partial charge is 0.455 e. The van der Waals surface area contributed by atoms with Gasteiger partial charge in [-0.2, -0.15) is 13.2 Å². The van der Waals surface area contributed by atoms with Crippen molar-refractivity contribution >= 4 is 11.7 Å². The summed E-state index contributed by atoms with van der Waals surface area (Å²) in [6, 6.07) is 0.467. The highest BCUT2D eigenvalue weighted by Gasteiger charge is 2.38. The molecule has 0 radical (unpaired) electrons. The van der Waals surface area contributed by atoms with E-state index in [4.69, 9.17) is 4.74 Å². The maximum Gasteiger partial charge on any atom is 0.451 e. The number of ether oxygens (including phenoxy) is 1. The maximum absolute atomic E-state index is 12.7.